The molecule has 0 aromatic heterocycles. The third-order valence-electron chi connectivity index (χ3n) is 3.32. The van der Waals surface area contributed by atoms with E-state index in [0.29, 0.717) is 17.2 Å². The number of hydrogen-bond acceptors (Lipinski definition) is 3. The van der Waals surface area contributed by atoms with Crippen LogP contribution in [-0.2, 0) is 6.42 Å². The Labute approximate surface area is 123 Å². The van der Waals surface area contributed by atoms with Gasteiger partial charge in [-0.1, -0.05) is 30.3 Å². The van der Waals surface area contributed by atoms with E-state index in [0.717, 1.165) is 12.0 Å². The van der Waals surface area contributed by atoms with Crippen LogP contribution in [-0.4, -0.2) is 13.9 Å². The molecule has 1 aliphatic heterocycles. The summed E-state index contributed by atoms with van der Waals surface area (Å²) in [4.78, 5) is 0. The molecule has 20 heavy (non-hydrogen) atoms. The van der Waals surface area contributed by atoms with E-state index in [1.54, 1.807) is 7.11 Å². The first kappa shape index (κ1) is 13.1. The van der Waals surface area contributed by atoms with Crippen molar-refractivity contribution in [1.82, 2.24) is 0 Å². The second-order valence-electron chi connectivity index (χ2n) is 4.58. The molecule has 104 valence electrons. The van der Waals surface area contributed by atoms with Gasteiger partial charge in [0.1, 0.15) is 0 Å². The van der Waals surface area contributed by atoms with Crippen molar-refractivity contribution in [2.45, 2.75) is 11.8 Å². The maximum atomic E-state index is 6.55. The Bertz CT molecular complexity index is 598. The highest BCUT2D eigenvalue weighted by Gasteiger charge is 2.25. The maximum absolute atomic E-state index is 6.55. The summed E-state index contributed by atoms with van der Waals surface area (Å²) in [5, 5.41) is -0.179. The Balaban J connectivity index is 1.90. The number of rotatable bonds is 4. The molecule has 0 saturated heterocycles. The average Bonchev–Trinajstić information content (AvgIpc) is 2.95. The molecule has 0 N–H and O–H groups in total. The minimum Gasteiger partial charge on any atom is -0.492 e. The van der Waals surface area contributed by atoms with Crippen LogP contribution in [0, 0.1) is 0 Å². The van der Waals surface area contributed by atoms with Crippen LogP contribution in [0.1, 0.15) is 16.5 Å². The lowest BCUT2D eigenvalue weighted by molar-refractivity contribution is 0.171. The van der Waals surface area contributed by atoms with Crippen LogP contribution in [0.15, 0.2) is 42.5 Å². The smallest absolute Gasteiger partial charge is 0.231 e. The second kappa shape index (κ2) is 5.63. The van der Waals surface area contributed by atoms with Crippen LogP contribution >= 0.6 is 11.6 Å². The highest BCUT2D eigenvalue weighted by atomic mass is 35.5. The molecule has 1 aliphatic rings. The van der Waals surface area contributed by atoms with Gasteiger partial charge in [-0.05, 0) is 24.1 Å². The number of benzene rings is 2. The number of fused-ring (bicyclic) bond motifs is 1. The summed E-state index contributed by atoms with van der Waals surface area (Å²) >= 11 is 6.55. The molecule has 0 bridgehead atoms. The van der Waals surface area contributed by atoms with E-state index in [2.05, 4.69) is 12.1 Å². The van der Waals surface area contributed by atoms with E-state index in [1.165, 1.54) is 5.56 Å². The fourth-order valence-corrected chi connectivity index (χ4v) is 2.70. The quantitative estimate of drug-likeness (QED) is 0.798. The van der Waals surface area contributed by atoms with Crippen LogP contribution in [0.4, 0.5) is 0 Å². The van der Waals surface area contributed by atoms with Crippen molar-refractivity contribution >= 4 is 11.6 Å². The summed E-state index contributed by atoms with van der Waals surface area (Å²) in [6.07, 6.45) is 0.735. The Morgan fingerprint density at radius 3 is 2.70 bits per heavy atom. The molecule has 1 atom stereocenters. The first-order valence-electron chi connectivity index (χ1n) is 6.44. The molecule has 0 saturated carbocycles. The molecule has 0 fully saturated rings. The summed E-state index contributed by atoms with van der Waals surface area (Å²) in [5.74, 6) is 2.01. The lowest BCUT2D eigenvalue weighted by Gasteiger charge is -2.15. The summed E-state index contributed by atoms with van der Waals surface area (Å²) < 4.78 is 16.3. The van der Waals surface area contributed by atoms with E-state index < -0.39 is 0 Å². The summed E-state index contributed by atoms with van der Waals surface area (Å²) in [7, 11) is 1.62. The molecule has 0 radical (unpaired) electrons. The van der Waals surface area contributed by atoms with Crippen molar-refractivity contribution in [1.29, 1.82) is 0 Å². The van der Waals surface area contributed by atoms with Crippen LogP contribution in [0.2, 0.25) is 0 Å². The third kappa shape index (κ3) is 2.41. The zero-order chi connectivity index (χ0) is 13.9. The zero-order valence-corrected chi connectivity index (χ0v) is 11.9. The summed E-state index contributed by atoms with van der Waals surface area (Å²) in [6.45, 7) is 0.223. The standard InChI is InChI=1S/C16H15ClO3/c1-18-15-12(7-8-14-16(15)20-10-19-14)13(17)9-11-5-3-2-4-6-11/h2-8,13H,9-10H2,1H3. The van der Waals surface area contributed by atoms with Crippen molar-refractivity contribution in [3.63, 3.8) is 0 Å². The van der Waals surface area contributed by atoms with Crippen molar-refractivity contribution in [2.75, 3.05) is 13.9 Å². The lowest BCUT2D eigenvalue weighted by atomic mass is 10.0. The van der Waals surface area contributed by atoms with Gasteiger partial charge >= 0.3 is 0 Å². The number of methoxy groups -OCH3 is 1. The molecule has 1 unspecified atom stereocenters. The lowest BCUT2D eigenvalue weighted by Crippen LogP contribution is -2.00. The molecule has 2 aromatic carbocycles. The third-order valence-corrected chi connectivity index (χ3v) is 3.71. The van der Waals surface area contributed by atoms with Gasteiger partial charge in [-0.2, -0.15) is 0 Å². The van der Waals surface area contributed by atoms with Gasteiger partial charge in [0, 0.05) is 5.56 Å². The van der Waals surface area contributed by atoms with Crippen molar-refractivity contribution < 1.29 is 14.2 Å². The molecule has 1 heterocycles. The largest absolute Gasteiger partial charge is 0.492 e. The Morgan fingerprint density at radius 2 is 1.95 bits per heavy atom. The second-order valence-corrected chi connectivity index (χ2v) is 5.11. The average molecular weight is 291 g/mol. The van der Waals surface area contributed by atoms with Crippen molar-refractivity contribution in [3.8, 4) is 17.2 Å². The minimum absolute atomic E-state index is 0.179. The van der Waals surface area contributed by atoms with E-state index in [9.17, 15) is 0 Å². The molecular formula is C16H15ClO3. The van der Waals surface area contributed by atoms with Gasteiger partial charge < -0.3 is 14.2 Å². The molecule has 3 rings (SSSR count). The highest BCUT2D eigenvalue weighted by Crippen LogP contribution is 2.46. The molecule has 0 amide bonds. The van der Waals surface area contributed by atoms with Gasteiger partial charge in [0.05, 0.1) is 12.5 Å². The first-order chi connectivity index (χ1) is 9.79. The van der Waals surface area contributed by atoms with E-state index in [-0.39, 0.29) is 12.2 Å². The first-order valence-corrected chi connectivity index (χ1v) is 6.87. The van der Waals surface area contributed by atoms with Crippen LogP contribution < -0.4 is 14.2 Å². The van der Waals surface area contributed by atoms with Gasteiger partial charge in [-0.25, -0.2) is 0 Å². The fraction of sp³-hybridized carbons (Fsp3) is 0.250. The van der Waals surface area contributed by atoms with Gasteiger partial charge in [0.25, 0.3) is 0 Å². The van der Waals surface area contributed by atoms with Gasteiger partial charge in [0.15, 0.2) is 11.5 Å². The van der Waals surface area contributed by atoms with Crippen LogP contribution in [0.3, 0.4) is 0 Å². The summed E-state index contributed by atoms with van der Waals surface area (Å²) in [6, 6.07) is 14.0. The fourth-order valence-electron chi connectivity index (χ4n) is 2.35. The van der Waals surface area contributed by atoms with E-state index in [1.807, 2.05) is 30.3 Å². The SMILES string of the molecule is COc1c(C(Cl)Cc2ccccc2)ccc2c1OCO2. The number of hydrogen-bond donors (Lipinski definition) is 0. The maximum Gasteiger partial charge on any atom is 0.231 e. The topological polar surface area (TPSA) is 27.7 Å². The van der Waals surface area contributed by atoms with Crippen molar-refractivity contribution in [3.05, 3.63) is 53.6 Å². The van der Waals surface area contributed by atoms with Gasteiger partial charge in [0.2, 0.25) is 12.5 Å². The molecule has 4 heteroatoms. The van der Waals surface area contributed by atoms with Crippen LogP contribution in [0.5, 0.6) is 17.2 Å². The Kier molecular flexibility index (Phi) is 3.70. The predicted molar refractivity (Wildman–Crippen MR) is 77.9 cm³/mol. The molecule has 3 nitrogen and oxygen atoms in total. The summed E-state index contributed by atoms with van der Waals surface area (Å²) in [5.41, 5.74) is 2.11. The van der Waals surface area contributed by atoms with Gasteiger partial charge in [-0.3, -0.25) is 0 Å². The van der Waals surface area contributed by atoms with E-state index in [4.69, 9.17) is 25.8 Å². The molecule has 0 spiro atoms. The monoisotopic (exact) mass is 290 g/mol. The number of halogens is 1. The zero-order valence-electron chi connectivity index (χ0n) is 11.1. The number of ether oxygens (including phenoxy) is 3. The van der Waals surface area contributed by atoms with E-state index >= 15 is 0 Å². The minimum atomic E-state index is -0.179. The predicted octanol–water partition coefficient (Wildman–Crippen LogP) is 3.95. The molecule has 2 aromatic rings. The number of alkyl halides is 1. The molecular weight excluding hydrogens is 276 g/mol. The van der Waals surface area contributed by atoms with Gasteiger partial charge in [-0.15, -0.1) is 11.6 Å². The highest BCUT2D eigenvalue weighted by molar-refractivity contribution is 6.21. The Morgan fingerprint density at radius 1 is 1.15 bits per heavy atom. The normalized spacial score (nSPS) is 14.1. The van der Waals surface area contributed by atoms with Crippen molar-refractivity contribution in [2.24, 2.45) is 0 Å². The van der Waals surface area contributed by atoms with Crippen LogP contribution in [0.25, 0.3) is 0 Å². The Hall–Kier alpha value is -1.87. The molecule has 0 aliphatic carbocycles.